The summed E-state index contributed by atoms with van der Waals surface area (Å²) in [6.07, 6.45) is 2.02. The number of aryl methyl sites for hydroxylation is 1. The van der Waals surface area contributed by atoms with Crippen molar-refractivity contribution in [2.45, 2.75) is 33.2 Å². The summed E-state index contributed by atoms with van der Waals surface area (Å²) in [6, 6.07) is 0.662. The van der Waals surface area contributed by atoms with Crippen LogP contribution in [-0.2, 0) is 11.2 Å². The first-order valence-corrected chi connectivity index (χ1v) is 5.57. The van der Waals surface area contributed by atoms with Gasteiger partial charge >= 0.3 is 5.97 Å². The van der Waals surface area contributed by atoms with E-state index < -0.39 is 17.9 Å². The molecule has 5 heteroatoms. The summed E-state index contributed by atoms with van der Waals surface area (Å²) in [7, 11) is 0. The minimum atomic E-state index is -1.03. The third kappa shape index (κ3) is 3.09. The van der Waals surface area contributed by atoms with Crippen LogP contribution in [0.4, 0.5) is 0 Å². The fourth-order valence-corrected chi connectivity index (χ4v) is 1.55. The van der Waals surface area contributed by atoms with E-state index in [0.717, 1.165) is 0 Å². The van der Waals surface area contributed by atoms with Crippen LogP contribution in [0.15, 0.2) is 16.7 Å². The van der Waals surface area contributed by atoms with Crippen LogP contribution in [0.1, 0.15) is 36.9 Å². The highest BCUT2D eigenvalue weighted by Crippen LogP contribution is 2.12. The van der Waals surface area contributed by atoms with Gasteiger partial charge in [-0.1, -0.05) is 20.8 Å². The molecule has 0 aliphatic rings. The molecule has 2 N–H and O–H groups in total. The first kappa shape index (κ1) is 13.3. The maximum atomic E-state index is 11.9. The lowest BCUT2D eigenvalue weighted by Gasteiger charge is -2.17. The predicted molar refractivity (Wildman–Crippen MR) is 61.8 cm³/mol. The number of hydrogen-bond acceptors (Lipinski definition) is 3. The molecular formula is C12H17NO4. The molecule has 0 radical (unpaired) electrons. The second-order valence-corrected chi connectivity index (χ2v) is 4.14. The standard InChI is InChI=1S/C12H17NO4/c1-4-9-8(5-6-17-9)11(14)13-10(7(2)3)12(15)16/h5-7,10H,4H2,1-3H3,(H,13,14)(H,15,16)/t10-/m0/s1. The Hall–Kier alpha value is -1.78. The summed E-state index contributed by atoms with van der Waals surface area (Å²) in [5.41, 5.74) is 0.402. The van der Waals surface area contributed by atoms with Crippen LogP contribution < -0.4 is 5.32 Å². The van der Waals surface area contributed by atoms with Crippen LogP contribution in [-0.4, -0.2) is 23.0 Å². The molecule has 0 aliphatic heterocycles. The number of carboxylic acids is 1. The predicted octanol–water partition coefficient (Wildman–Crippen LogP) is 1.68. The molecule has 0 aromatic carbocycles. The highest BCUT2D eigenvalue weighted by Gasteiger charge is 2.25. The SMILES string of the molecule is CCc1occc1C(=O)N[C@H](C(=O)O)C(C)C. The molecule has 0 saturated heterocycles. The number of rotatable bonds is 5. The van der Waals surface area contributed by atoms with Crippen molar-refractivity contribution in [1.82, 2.24) is 5.32 Å². The van der Waals surface area contributed by atoms with Gasteiger partial charge in [-0.25, -0.2) is 4.79 Å². The highest BCUT2D eigenvalue weighted by atomic mass is 16.4. The van der Waals surface area contributed by atoms with Crippen LogP contribution in [0.2, 0.25) is 0 Å². The zero-order valence-corrected chi connectivity index (χ0v) is 10.2. The van der Waals surface area contributed by atoms with Gasteiger partial charge in [0.25, 0.3) is 5.91 Å². The molecule has 1 aromatic rings. The smallest absolute Gasteiger partial charge is 0.326 e. The Kier molecular flexibility index (Phi) is 4.31. The topological polar surface area (TPSA) is 79.5 Å². The van der Waals surface area contributed by atoms with Crippen molar-refractivity contribution in [3.05, 3.63) is 23.7 Å². The molecule has 5 nitrogen and oxygen atoms in total. The summed E-state index contributed by atoms with van der Waals surface area (Å²) >= 11 is 0. The van der Waals surface area contributed by atoms with E-state index in [1.165, 1.54) is 6.26 Å². The van der Waals surface area contributed by atoms with Gasteiger partial charge in [-0.05, 0) is 12.0 Å². The lowest BCUT2D eigenvalue weighted by atomic mass is 10.0. The molecule has 0 aliphatic carbocycles. The van der Waals surface area contributed by atoms with Crippen LogP contribution in [0, 0.1) is 5.92 Å². The van der Waals surface area contributed by atoms with E-state index in [1.807, 2.05) is 6.92 Å². The first-order valence-electron chi connectivity index (χ1n) is 5.57. The average molecular weight is 239 g/mol. The average Bonchev–Trinajstić information content (AvgIpc) is 2.72. The normalized spacial score (nSPS) is 12.5. The second kappa shape index (κ2) is 5.52. The Morgan fingerprint density at radius 2 is 2.12 bits per heavy atom. The van der Waals surface area contributed by atoms with Crippen molar-refractivity contribution in [1.29, 1.82) is 0 Å². The van der Waals surface area contributed by atoms with Gasteiger partial charge in [0, 0.05) is 6.42 Å². The quantitative estimate of drug-likeness (QED) is 0.819. The van der Waals surface area contributed by atoms with Gasteiger partial charge in [0.2, 0.25) is 0 Å². The van der Waals surface area contributed by atoms with Gasteiger partial charge < -0.3 is 14.8 Å². The summed E-state index contributed by atoms with van der Waals surface area (Å²) in [4.78, 5) is 22.8. The number of amides is 1. The molecule has 0 bridgehead atoms. The number of carbonyl (C=O) groups is 2. The third-order valence-corrected chi connectivity index (χ3v) is 2.53. The fraction of sp³-hybridized carbons (Fsp3) is 0.500. The molecule has 17 heavy (non-hydrogen) atoms. The van der Waals surface area contributed by atoms with Crippen LogP contribution >= 0.6 is 0 Å². The molecule has 94 valence electrons. The van der Waals surface area contributed by atoms with Crippen molar-refractivity contribution < 1.29 is 19.1 Å². The molecule has 1 amide bonds. The van der Waals surface area contributed by atoms with Gasteiger partial charge in [-0.3, -0.25) is 4.79 Å². The van der Waals surface area contributed by atoms with E-state index in [-0.39, 0.29) is 5.92 Å². The maximum Gasteiger partial charge on any atom is 0.326 e. The van der Waals surface area contributed by atoms with Gasteiger partial charge in [-0.2, -0.15) is 0 Å². The molecule has 0 unspecified atom stereocenters. The number of hydrogen-bond donors (Lipinski definition) is 2. The van der Waals surface area contributed by atoms with Crippen LogP contribution in [0.3, 0.4) is 0 Å². The Bertz CT molecular complexity index is 408. The van der Waals surface area contributed by atoms with Crippen molar-refractivity contribution in [2.24, 2.45) is 5.92 Å². The van der Waals surface area contributed by atoms with E-state index in [2.05, 4.69) is 5.32 Å². The number of nitrogens with one attached hydrogen (secondary N) is 1. The van der Waals surface area contributed by atoms with E-state index in [9.17, 15) is 9.59 Å². The summed E-state index contributed by atoms with van der Waals surface area (Å²) in [5, 5.41) is 11.5. The Labute approximate surface area is 99.8 Å². The van der Waals surface area contributed by atoms with E-state index in [0.29, 0.717) is 17.7 Å². The Morgan fingerprint density at radius 3 is 2.59 bits per heavy atom. The molecule has 1 aromatic heterocycles. The lowest BCUT2D eigenvalue weighted by Crippen LogP contribution is -2.44. The Morgan fingerprint density at radius 1 is 1.47 bits per heavy atom. The fourth-order valence-electron chi connectivity index (χ4n) is 1.55. The molecule has 1 atom stereocenters. The number of aliphatic carboxylic acids is 1. The van der Waals surface area contributed by atoms with Crippen LogP contribution in [0.25, 0.3) is 0 Å². The highest BCUT2D eigenvalue weighted by molar-refractivity contribution is 5.97. The summed E-state index contributed by atoms with van der Waals surface area (Å²) in [6.45, 7) is 5.36. The van der Waals surface area contributed by atoms with Crippen molar-refractivity contribution in [3.8, 4) is 0 Å². The summed E-state index contributed by atoms with van der Waals surface area (Å²) < 4.78 is 5.13. The zero-order chi connectivity index (χ0) is 13.0. The van der Waals surface area contributed by atoms with Crippen molar-refractivity contribution in [2.75, 3.05) is 0 Å². The summed E-state index contributed by atoms with van der Waals surface area (Å²) in [5.74, 6) is -1.05. The van der Waals surface area contributed by atoms with Gasteiger partial charge in [0.1, 0.15) is 11.8 Å². The number of carboxylic acid groups (broad SMARTS) is 1. The molecule has 0 saturated carbocycles. The zero-order valence-electron chi connectivity index (χ0n) is 10.2. The van der Waals surface area contributed by atoms with Gasteiger partial charge in [0.15, 0.2) is 0 Å². The molecular weight excluding hydrogens is 222 g/mol. The monoisotopic (exact) mass is 239 g/mol. The number of furan rings is 1. The van der Waals surface area contributed by atoms with Crippen LogP contribution in [0.5, 0.6) is 0 Å². The minimum Gasteiger partial charge on any atom is -0.480 e. The minimum absolute atomic E-state index is 0.173. The third-order valence-electron chi connectivity index (χ3n) is 2.53. The lowest BCUT2D eigenvalue weighted by molar-refractivity contribution is -0.140. The van der Waals surface area contributed by atoms with E-state index in [4.69, 9.17) is 9.52 Å². The second-order valence-electron chi connectivity index (χ2n) is 4.14. The molecule has 1 rings (SSSR count). The maximum absolute atomic E-state index is 11.9. The largest absolute Gasteiger partial charge is 0.480 e. The molecule has 1 heterocycles. The van der Waals surface area contributed by atoms with E-state index >= 15 is 0 Å². The molecule has 0 spiro atoms. The first-order chi connectivity index (χ1) is 7.97. The van der Waals surface area contributed by atoms with Gasteiger partial charge in [-0.15, -0.1) is 0 Å². The van der Waals surface area contributed by atoms with Crippen molar-refractivity contribution >= 4 is 11.9 Å². The van der Waals surface area contributed by atoms with Gasteiger partial charge in [0.05, 0.1) is 11.8 Å². The Balaban J connectivity index is 2.81. The van der Waals surface area contributed by atoms with E-state index in [1.54, 1.807) is 19.9 Å². The number of carbonyl (C=O) groups excluding carboxylic acids is 1. The molecule has 0 fully saturated rings. The van der Waals surface area contributed by atoms with Crippen molar-refractivity contribution in [3.63, 3.8) is 0 Å².